The van der Waals surface area contributed by atoms with E-state index in [2.05, 4.69) is 10.6 Å². The molecule has 1 unspecified atom stereocenters. The molecular weight excluding hydrogens is 600 g/mol. The number of ketones is 1. The van der Waals surface area contributed by atoms with Crippen molar-refractivity contribution in [3.8, 4) is 11.1 Å². The number of ether oxygens (including phenoxy) is 1. The Morgan fingerprint density at radius 2 is 1.40 bits per heavy atom. The number of para-hydroxylation sites is 1. The third-order valence-electron chi connectivity index (χ3n) is 8.01. The van der Waals surface area contributed by atoms with Crippen molar-refractivity contribution in [2.24, 2.45) is 0 Å². The van der Waals surface area contributed by atoms with Gasteiger partial charge in [0.1, 0.15) is 6.04 Å². The molecule has 5 rings (SSSR count). The van der Waals surface area contributed by atoms with E-state index in [-0.39, 0.29) is 18.4 Å². The number of benzene rings is 5. The van der Waals surface area contributed by atoms with Gasteiger partial charge in [0.2, 0.25) is 0 Å². The first-order chi connectivity index (χ1) is 23.2. The summed E-state index contributed by atoms with van der Waals surface area (Å²) in [5.74, 6) is -0.527. The molecule has 48 heavy (non-hydrogen) atoms. The summed E-state index contributed by atoms with van der Waals surface area (Å²) in [5.41, 5.74) is 6.96. The minimum atomic E-state index is -0.713. The third kappa shape index (κ3) is 8.27. The summed E-state index contributed by atoms with van der Waals surface area (Å²) in [4.78, 5) is 43.0. The molecule has 0 aliphatic heterocycles. The highest BCUT2D eigenvalue weighted by Gasteiger charge is 2.23. The molecule has 8 heteroatoms. The van der Waals surface area contributed by atoms with Crippen molar-refractivity contribution in [1.29, 1.82) is 0 Å². The van der Waals surface area contributed by atoms with Gasteiger partial charge in [0, 0.05) is 61.4 Å². The highest BCUT2D eigenvalue weighted by Crippen LogP contribution is 2.27. The number of carbonyl (C=O) groups is 3. The Hall–Kier alpha value is -5.89. The Kier molecular flexibility index (Phi) is 10.9. The molecular formula is C40H40N4O4. The number of nitrogens with zero attached hydrogens (tertiary/aromatic N) is 2. The normalized spacial score (nSPS) is 11.2. The summed E-state index contributed by atoms with van der Waals surface area (Å²) in [6.07, 6.45) is 0.353. The van der Waals surface area contributed by atoms with Gasteiger partial charge < -0.3 is 20.3 Å². The zero-order valence-electron chi connectivity index (χ0n) is 27.6. The van der Waals surface area contributed by atoms with Gasteiger partial charge in [-0.05, 0) is 72.1 Å². The van der Waals surface area contributed by atoms with Crippen LogP contribution in [-0.4, -0.2) is 51.6 Å². The molecule has 0 saturated carbocycles. The number of hydrogen-bond donors (Lipinski definition) is 2. The smallest absolute Gasteiger partial charge is 0.328 e. The van der Waals surface area contributed by atoms with Crippen molar-refractivity contribution in [2.75, 3.05) is 48.2 Å². The van der Waals surface area contributed by atoms with Crippen LogP contribution in [0.1, 0.15) is 28.4 Å². The van der Waals surface area contributed by atoms with E-state index in [1.807, 2.05) is 122 Å². The predicted molar refractivity (Wildman–Crippen MR) is 194 cm³/mol. The van der Waals surface area contributed by atoms with Crippen LogP contribution in [0.4, 0.5) is 27.5 Å². The lowest BCUT2D eigenvalue weighted by Crippen LogP contribution is -2.34. The molecule has 5 aromatic carbocycles. The van der Waals surface area contributed by atoms with Crippen LogP contribution in [0.5, 0.6) is 0 Å². The molecule has 0 spiro atoms. The number of anilines is 4. The summed E-state index contributed by atoms with van der Waals surface area (Å²) >= 11 is 0. The molecule has 0 radical (unpaired) electrons. The SMILES string of the molecule is CCOC(=O)C(Cc1ccc(-c2cccc(N(C)C(=O)Nc3ccc(N(C)C)cc3)c2)cc1)Nc1ccccc1C(=O)c1ccccc1. The second-order valence-corrected chi connectivity index (χ2v) is 11.6. The molecule has 8 nitrogen and oxygen atoms in total. The fraction of sp³-hybridized carbons (Fsp3) is 0.175. The Bertz CT molecular complexity index is 1860. The second-order valence-electron chi connectivity index (χ2n) is 11.6. The Morgan fingerprint density at radius 3 is 2.08 bits per heavy atom. The molecule has 0 aliphatic carbocycles. The molecule has 1 atom stereocenters. The number of hydrogen-bond acceptors (Lipinski definition) is 6. The minimum absolute atomic E-state index is 0.130. The number of rotatable bonds is 12. The molecule has 0 bridgehead atoms. The second kappa shape index (κ2) is 15.6. The van der Waals surface area contributed by atoms with Crippen molar-refractivity contribution in [1.82, 2.24) is 0 Å². The van der Waals surface area contributed by atoms with Crippen LogP contribution in [0.25, 0.3) is 11.1 Å². The van der Waals surface area contributed by atoms with Gasteiger partial charge in [0.25, 0.3) is 0 Å². The van der Waals surface area contributed by atoms with Crippen molar-refractivity contribution < 1.29 is 19.1 Å². The van der Waals surface area contributed by atoms with E-state index in [1.165, 1.54) is 0 Å². The van der Waals surface area contributed by atoms with Gasteiger partial charge in [0.15, 0.2) is 5.78 Å². The van der Waals surface area contributed by atoms with Crippen molar-refractivity contribution in [3.63, 3.8) is 0 Å². The van der Waals surface area contributed by atoms with E-state index in [0.29, 0.717) is 28.9 Å². The van der Waals surface area contributed by atoms with E-state index in [9.17, 15) is 14.4 Å². The van der Waals surface area contributed by atoms with Gasteiger partial charge >= 0.3 is 12.0 Å². The summed E-state index contributed by atoms with van der Waals surface area (Å²) < 4.78 is 5.41. The average molecular weight is 641 g/mol. The molecule has 2 N–H and O–H groups in total. The standard InChI is InChI=1S/C40H40N4O4/c1-5-48-39(46)37(42-36-17-10-9-16-35(36)38(45)30-12-7-6-8-13-30)26-28-18-20-29(21-19-28)31-14-11-15-34(27-31)44(4)40(47)41-32-22-24-33(25-23-32)43(2)3/h6-25,27,37,42H,5,26H2,1-4H3,(H,41,47). The number of nitrogens with one attached hydrogen (secondary N) is 2. The minimum Gasteiger partial charge on any atom is -0.464 e. The van der Waals surface area contributed by atoms with Gasteiger partial charge in [-0.15, -0.1) is 0 Å². The van der Waals surface area contributed by atoms with Crippen molar-refractivity contribution >= 4 is 40.5 Å². The molecule has 0 fully saturated rings. The molecule has 2 amide bonds. The van der Waals surface area contributed by atoms with Crippen LogP contribution in [0.3, 0.4) is 0 Å². The van der Waals surface area contributed by atoms with Gasteiger partial charge in [-0.3, -0.25) is 9.69 Å². The monoisotopic (exact) mass is 640 g/mol. The number of amides is 2. The summed E-state index contributed by atoms with van der Waals surface area (Å²) in [6, 6.07) is 38.7. The maximum atomic E-state index is 13.3. The van der Waals surface area contributed by atoms with Crippen LogP contribution in [0.15, 0.2) is 127 Å². The first kappa shape index (κ1) is 33.5. The first-order valence-corrected chi connectivity index (χ1v) is 15.9. The van der Waals surface area contributed by atoms with Crippen LogP contribution in [0, 0.1) is 0 Å². The van der Waals surface area contributed by atoms with E-state index in [1.54, 1.807) is 43.1 Å². The number of urea groups is 1. The topological polar surface area (TPSA) is 91.0 Å². The molecule has 244 valence electrons. The van der Waals surface area contributed by atoms with Crippen LogP contribution >= 0.6 is 0 Å². The Morgan fingerprint density at radius 1 is 0.708 bits per heavy atom. The largest absolute Gasteiger partial charge is 0.464 e. The molecule has 5 aromatic rings. The lowest BCUT2D eigenvalue weighted by Gasteiger charge is -2.21. The van der Waals surface area contributed by atoms with E-state index in [4.69, 9.17) is 4.74 Å². The summed E-state index contributed by atoms with van der Waals surface area (Å²) in [7, 11) is 5.68. The zero-order valence-corrected chi connectivity index (χ0v) is 27.6. The molecule has 0 aliphatic rings. The lowest BCUT2D eigenvalue weighted by molar-refractivity contribution is -0.144. The van der Waals surface area contributed by atoms with E-state index in [0.717, 1.165) is 28.1 Å². The summed E-state index contributed by atoms with van der Waals surface area (Å²) in [6.45, 7) is 2.01. The van der Waals surface area contributed by atoms with Crippen LogP contribution in [-0.2, 0) is 16.0 Å². The fourth-order valence-corrected chi connectivity index (χ4v) is 5.31. The fourth-order valence-electron chi connectivity index (χ4n) is 5.31. The molecule has 0 aromatic heterocycles. The predicted octanol–water partition coefficient (Wildman–Crippen LogP) is 7.91. The van der Waals surface area contributed by atoms with Gasteiger partial charge in [-0.2, -0.15) is 0 Å². The Balaban J connectivity index is 1.29. The van der Waals surface area contributed by atoms with Gasteiger partial charge in [-0.1, -0.05) is 78.9 Å². The average Bonchev–Trinajstić information content (AvgIpc) is 3.12. The Labute approximate surface area is 282 Å². The van der Waals surface area contributed by atoms with E-state index >= 15 is 0 Å². The van der Waals surface area contributed by atoms with Crippen LogP contribution in [0.2, 0.25) is 0 Å². The highest BCUT2D eigenvalue weighted by atomic mass is 16.5. The van der Waals surface area contributed by atoms with Crippen molar-refractivity contribution in [2.45, 2.75) is 19.4 Å². The van der Waals surface area contributed by atoms with Gasteiger partial charge in [-0.25, -0.2) is 9.59 Å². The lowest BCUT2D eigenvalue weighted by atomic mass is 9.98. The maximum absolute atomic E-state index is 13.3. The maximum Gasteiger partial charge on any atom is 0.328 e. The zero-order chi connectivity index (χ0) is 34.0. The number of carbonyl (C=O) groups excluding carboxylic acids is 3. The summed E-state index contributed by atoms with van der Waals surface area (Å²) in [5, 5.41) is 6.24. The molecule has 0 saturated heterocycles. The highest BCUT2D eigenvalue weighted by molar-refractivity contribution is 6.12. The van der Waals surface area contributed by atoms with Crippen LogP contribution < -0.4 is 20.4 Å². The number of esters is 1. The third-order valence-corrected chi connectivity index (χ3v) is 8.01. The molecule has 0 heterocycles. The van der Waals surface area contributed by atoms with Gasteiger partial charge in [0.05, 0.1) is 6.61 Å². The quantitative estimate of drug-likeness (QED) is 0.106. The van der Waals surface area contributed by atoms with E-state index < -0.39 is 12.0 Å². The van der Waals surface area contributed by atoms with Crippen molar-refractivity contribution in [3.05, 3.63) is 144 Å². The first-order valence-electron chi connectivity index (χ1n) is 15.9.